The number of rotatable bonds is 16. The van der Waals surface area contributed by atoms with Gasteiger partial charge >= 0.3 is 6.16 Å². The monoisotopic (exact) mass is 594 g/mol. The van der Waals surface area contributed by atoms with Gasteiger partial charge in [-0.3, -0.25) is 0 Å². The van der Waals surface area contributed by atoms with Gasteiger partial charge in [0.05, 0.1) is 13.2 Å². The average Bonchev–Trinajstić information content (AvgIpc) is 3.06. The Hall–Kier alpha value is -3.93. The maximum Gasteiger partial charge on any atom is 0.519 e. The van der Waals surface area contributed by atoms with E-state index in [4.69, 9.17) is 18.9 Å². The van der Waals surface area contributed by atoms with Gasteiger partial charge in [-0.05, 0) is 73.2 Å². The topological polar surface area (TPSA) is 54.0 Å². The summed E-state index contributed by atoms with van der Waals surface area (Å²) in [4.78, 5) is 12.7. The summed E-state index contributed by atoms with van der Waals surface area (Å²) in [6.45, 7) is 11.3. The van der Waals surface area contributed by atoms with Crippen LogP contribution in [0.25, 0.3) is 0 Å². The zero-order valence-electron chi connectivity index (χ0n) is 26.6. The molecule has 232 valence electrons. The molecule has 44 heavy (non-hydrogen) atoms. The maximum absolute atomic E-state index is 12.7. The Morgan fingerprint density at radius 1 is 0.523 bits per heavy atom. The number of hydrogen-bond acceptors (Lipinski definition) is 5. The number of unbranched alkanes of at least 4 members (excludes halogenated alkanes) is 2. The molecular formula is C39H46O5. The van der Waals surface area contributed by atoms with Crippen LogP contribution in [0.5, 0.6) is 11.5 Å². The van der Waals surface area contributed by atoms with Gasteiger partial charge in [0.25, 0.3) is 0 Å². The molecule has 5 nitrogen and oxygen atoms in total. The van der Waals surface area contributed by atoms with Crippen LogP contribution >= 0.6 is 0 Å². The zero-order valence-corrected chi connectivity index (χ0v) is 26.6. The zero-order chi connectivity index (χ0) is 31.3. The summed E-state index contributed by atoms with van der Waals surface area (Å²) in [5, 5.41) is 0. The molecule has 0 saturated heterocycles. The van der Waals surface area contributed by atoms with Crippen LogP contribution in [0.3, 0.4) is 0 Å². The van der Waals surface area contributed by atoms with E-state index in [0.29, 0.717) is 24.7 Å². The van der Waals surface area contributed by atoms with Crippen molar-refractivity contribution in [1.82, 2.24) is 0 Å². The van der Waals surface area contributed by atoms with Crippen LogP contribution in [0.1, 0.15) is 75.6 Å². The highest BCUT2D eigenvalue weighted by molar-refractivity contribution is 5.67. The first-order chi connectivity index (χ1) is 21.4. The van der Waals surface area contributed by atoms with E-state index in [1.54, 1.807) is 24.3 Å². The number of carbonyl (C=O) groups excluding carboxylic acids is 1. The Kier molecular flexibility index (Phi) is 12.2. The number of ether oxygens (including phenoxy) is 4. The second-order valence-corrected chi connectivity index (χ2v) is 11.7. The summed E-state index contributed by atoms with van der Waals surface area (Å²) < 4.78 is 23.2. The van der Waals surface area contributed by atoms with Gasteiger partial charge in [-0.25, -0.2) is 4.79 Å². The van der Waals surface area contributed by atoms with Crippen molar-refractivity contribution in [3.05, 3.63) is 131 Å². The summed E-state index contributed by atoms with van der Waals surface area (Å²) in [5.41, 5.74) is 3.82. The Morgan fingerprint density at radius 3 is 1.20 bits per heavy atom. The van der Waals surface area contributed by atoms with E-state index < -0.39 is 6.16 Å². The molecule has 0 heterocycles. The second-order valence-electron chi connectivity index (χ2n) is 11.7. The van der Waals surface area contributed by atoms with Crippen molar-refractivity contribution in [2.24, 2.45) is 0 Å². The van der Waals surface area contributed by atoms with Crippen LogP contribution in [-0.2, 0) is 20.3 Å². The number of hydrogen-bond donors (Lipinski definition) is 0. The first kappa shape index (κ1) is 33.0. The molecule has 4 rings (SSSR count). The Bertz CT molecular complexity index is 1290. The fourth-order valence-electron chi connectivity index (χ4n) is 5.32. The molecule has 0 aliphatic carbocycles. The van der Waals surface area contributed by atoms with E-state index in [1.165, 1.54) is 11.1 Å². The van der Waals surface area contributed by atoms with Crippen molar-refractivity contribution in [1.29, 1.82) is 0 Å². The van der Waals surface area contributed by atoms with E-state index in [2.05, 4.69) is 52.0 Å². The van der Waals surface area contributed by atoms with Crippen molar-refractivity contribution in [3.8, 4) is 11.5 Å². The van der Waals surface area contributed by atoms with Crippen LogP contribution in [0, 0.1) is 0 Å². The van der Waals surface area contributed by atoms with Gasteiger partial charge in [-0.15, -0.1) is 0 Å². The van der Waals surface area contributed by atoms with Gasteiger partial charge < -0.3 is 18.9 Å². The molecule has 0 amide bonds. The average molecular weight is 595 g/mol. The van der Waals surface area contributed by atoms with Gasteiger partial charge in [-0.1, -0.05) is 112 Å². The van der Waals surface area contributed by atoms with Gasteiger partial charge in [0.2, 0.25) is 0 Å². The van der Waals surface area contributed by atoms with Crippen LogP contribution in [-0.4, -0.2) is 32.6 Å². The van der Waals surface area contributed by atoms with Gasteiger partial charge in [0.1, 0.15) is 11.5 Å². The second kappa shape index (κ2) is 16.2. The summed E-state index contributed by atoms with van der Waals surface area (Å²) in [6.07, 6.45) is 3.46. The minimum Gasteiger partial charge on any atom is -0.395 e. The molecule has 0 N–H and O–H groups in total. The molecule has 2 unspecified atom stereocenters. The highest BCUT2D eigenvalue weighted by Crippen LogP contribution is 2.35. The predicted octanol–water partition coefficient (Wildman–Crippen LogP) is 9.51. The SMILES string of the molecule is CCCCOCC(C)(c1ccccc1)c1ccc(OC(=O)Oc2ccc(C(C)(COCCCC)c3ccccc3)cc2)cc1. The van der Waals surface area contributed by atoms with Gasteiger partial charge in [0, 0.05) is 24.0 Å². The fraction of sp³-hybridized carbons (Fsp3) is 0.359. The normalized spacial score (nSPS) is 13.9. The molecule has 0 radical (unpaired) electrons. The molecule has 4 aromatic carbocycles. The Labute approximate surface area is 263 Å². The first-order valence-corrected chi connectivity index (χ1v) is 15.8. The molecule has 0 aliphatic rings. The molecule has 0 spiro atoms. The van der Waals surface area contributed by atoms with Gasteiger partial charge in [-0.2, -0.15) is 0 Å². The quantitative estimate of drug-likeness (QED) is 0.0735. The highest BCUT2D eigenvalue weighted by Gasteiger charge is 2.30. The smallest absolute Gasteiger partial charge is 0.395 e. The standard InChI is InChI=1S/C39H46O5/c1-5-7-27-41-29-38(3,31-15-11-9-12-16-31)33-19-23-35(24-20-33)43-37(40)44-36-25-21-34(22-26-36)39(4,30-42-28-8-6-2)32-17-13-10-14-18-32/h9-26H,5-8,27-30H2,1-4H3. The third-order valence-corrected chi connectivity index (χ3v) is 8.27. The number of carbonyl (C=O) groups is 1. The summed E-state index contributed by atoms with van der Waals surface area (Å²) >= 11 is 0. The predicted molar refractivity (Wildman–Crippen MR) is 177 cm³/mol. The molecule has 0 fully saturated rings. The lowest BCUT2D eigenvalue weighted by Crippen LogP contribution is -2.30. The van der Waals surface area contributed by atoms with E-state index in [0.717, 1.165) is 50.0 Å². The van der Waals surface area contributed by atoms with Crippen LogP contribution in [0.15, 0.2) is 109 Å². The lowest BCUT2D eigenvalue weighted by Gasteiger charge is -2.31. The van der Waals surface area contributed by atoms with E-state index in [-0.39, 0.29) is 10.8 Å². The van der Waals surface area contributed by atoms with Crippen molar-refractivity contribution >= 4 is 6.16 Å². The Balaban J connectivity index is 1.42. The van der Waals surface area contributed by atoms with Crippen LogP contribution in [0.4, 0.5) is 4.79 Å². The summed E-state index contributed by atoms with van der Waals surface area (Å²) in [5.74, 6) is 0.831. The minimum atomic E-state index is -0.784. The molecule has 4 aromatic rings. The number of benzene rings is 4. The Morgan fingerprint density at radius 2 is 0.864 bits per heavy atom. The molecule has 0 aliphatic heterocycles. The minimum absolute atomic E-state index is 0.342. The summed E-state index contributed by atoms with van der Waals surface area (Å²) in [6, 6.07) is 35.9. The molecule has 0 saturated carbocycles. The van der Waals surface area contributed by atoms with Crippen molar-refractivity contribution in [3.63, 3.8) is 0 Å². The molecular weight excluding hydrogens is 548 g/mol. The lowest BCUT2D eigenvalue weighted by molar-refractivity contribution is 0.0990. The van der Waals surface area contributed by atoms with Crippen molar-refractivity contribution < 1.29 is 23.7 Å². The molecule has 5 heteroatoms. The largest absolute Gasteiger partial charge is 0.519 e. The van der Waals surface area contributed by atoms with Crippen LogP contribution < -0.4 is 9.47 Å². The third kappa shape index (κ3) is 8.58. The van der Waals surface area contributed by atoms with Gasteiger partial charge in [0.15, 0.2) is 0 Å². The maximum atomic E-state index is 12.7. The third-order valence-electron chi connectivity index (χ3n) is 8.27. The van der Waals surface area contributed by atoms with E-state index in [9.17, 15) is 4.79 Å². The van der Waals surface area contributed by atoms with Crippen LogP contribution in [0.2, 0.25) is 0 Å². The summed E-state index contributed by atoms with van der Waals surface area (Å²) in [7, 11) is 0. The highest BCUT2D eigenvalue weighted by atomic mass is 16.7. The molecule has 2 atom stereocenters. The first-order valence-electron chi connectivity index (χ1n) is 15.8. The lowest BCUT2D eigenvalue weighted by atomic mass is 9.77. The van der Waals surface area contributed by atoms with E-state index >= 15 is 0 Å². The van der Waals surface area contributed by atoms with E-state index in [1.807, 2.05) is 60.7 Å². The fourth-order valence-corrected chi connectivity index (χ4v) is 5.32. The van der Waals surface area contributed by atoms with Crippen molar-refractivity contribution in [2.45, 2.75) is 64.2 Å². The van der Waals surface area contributed by atoms with Crippen molar-refractivity contribution in [2.75, 3.05) is 26.4 Å². The molecule has 0 bridgehead atoms. The molecule has 0 aromatic heterocycles.